The smallest absolute Gasteiger partial charge is 0.422 e. The summed E-state index contributed by atoms with van der Waals surface area (Å²) in [6, 6.07) is 3.99. The topological polar surface area (TPSA) is 18.5 Å². The molecule has 1 rings (SSSR count). The average Bonchev–Trinajstić information content (AvgIpc) is 2.32. The van der Waals surface area contributed by atoms with Gasteiger partial charge in [0.15, 0.2) is 24.7 Å². The van der Waals surface area contributed by atoms with Gasteiger partial charge >= 0.3 is 12.4 Å². The van der Waals surface area contributed by atoms with E-state index in [4.69, 9.17) is 0 Å². The van der Waals surface area contributed by atoms with E-state index in [0.717, 1.165) is 6.07 Å². The van der Waals surface area contributed by atoms with Crippen molar-refractivity contribution in [3.63, 3.8) is 0 Å². The number of ether oxygens (including phenoxy) is 2. The molecule has 1 aromatic rings. The second-order valence-corrected chi connectivity index (χ2v) is 3.91. The predicted molar refractivity (Wildman–Crippen MR) is 58.9 cm³/mol. The van der Waals surface area contributed by atoms with Gasteiger partial charge in [0.1, 0.15) is 0 Å². The summed E-state index contributed by atoms with van der Waals surface area (Å²) in [5, 5.41) is 0. The van der Waals surface area contributed by atoms with Crippen LogP contribution in [0.3, 0.4) is 0 Å². The van der Waals surface area contributed by atoms with Crippen LogP contribution in [0.15, 0.2) is 18.2 Å². The van der Waals surface area contributed by atoms with Crippen LogP contribution in [-0.2, 0) is 6.42 Å². The van der Waals surface area contributed by atoms with Crippen LogP contribution in [0.4, 0.5) is 26.3 Å². The summed E-state index contributed by atoms with van der Waals surface area (Å²) in [6.07, 6.45) is -8.86. The highest BCUT2D eigenvalue weighted by molar-refractivity contribution is 5.46. The van der Waals surface area contributed by atoms with Gasteiger partial charge in [-0.2, -0.15) is 26.3 Å². The van der Waals surface area contributed by atoms with Crippen molar-refractivity contribution in [3.05, 3.63) is 23.8 Å². The second-order valence-electron chi connectivity index (χ2n) is 3.91. The van der Waals surface area contributed by atoms with Crippen LogP contribution in [0.2, 0.25) is 0 Å². The lowest BCUT2D eigenvalue weighted by Gasteiger charge is -2.17. The quantitative estimate of drug-likeness (QED) is 0.761. The molecule has 0 aliphatic heterocycles. The van der Waals surface area contributed by atoms with Crippen LogP contribution in [0.25, 0.3) is 0 Å². The van der Waals surface area contributed by atoms with Gasteiger partial charge in [-0.15, -0.1) is 0 Å². The zero-order valence-electron chi connectivity index (χ0n) is 10.4. The summed E-state index contributed by atoms with van der Waals surface area (Å²) in [4.78, 5) is 0. The fourth-order valence-electron chi connectivity index (χ4n) is 1.43. The maximum absolute atomic E-state index is 12.1. The van der Waals surface area contributed by atoms with Crippen LogP contribution >= 0.6 is 0 Å². The maximum Gasteiger partial charge on any atom is 0.422 e. The molecule has 0 N–H and O–H groups in total. The second kappa shape index (κ2) is 6.23. The molecule has 0 bridgehead atoms. The molecule has 0 unspecified atom stereocenters. The molecule has 0 radical (unpaired) electrons. The normalized spacial score (nSPS) is 12.3. The van der Waals surface area contributed by atoms with E-state index in [2.05, 4.69) is 9.47 Å². The molecular weight excluding hydrogens is 290 g/mol. The number of benzene rings is 1. The monoisotopic (exact) mass is 302 g/mol. The van der Waals surface area contributed by atoms with Crippen molar-refractivity contribution in [1.82, 2.24) is 0 Å². The van der Waals surface area contributed by atoms with Crippen LogP contribution in [0, 0.1) is 0 Å². The zero-order chi connectivity index (χ0) is 15.4. The molecule has 1 aromatic carbocycles. The fourth-order valence-corrected chi connectivity index (χ4v) is 1.43. The molecule has 0 fully saturated rings. The first-order valence-corrected chi connectivity index (χ1v) is 5.63. The fraction of sp³-hybridized carbons (Fsp3) is 0.500. The number of hydrogen-bond donors (Lipinski definition) is 0. The van der Waals surface area contributed by atoms with E-state index in [1.165, 1.54) is 12.1 Å². The van der Waals surface area contributed by atoms with E-state index in [1.807, 2.05) is 0 Å². The summed E-state index contributed by atoms with van der Waals surface area (Å²) in [7, 11) is 0. The number of aryl methyl sites for hydroxylation is 1. The molecule has 0 saturated heterocycles. The van der Waals surface area contributed by atoms with Crippen molar-refractivity contribution in [2.45, 2.75) is 25.7 Å². The minimum atomic E-state index is -4.58. The van der Waals surface area contributed by atoms with Gasteiger partial charge in [-0.3, -0.25) is 0 Å². The molecule has 0 heterocycles. The molecule has 0 amide bonds. The van der Waals surface area contributed by atoms with Crippen molar-refractivity contribution in [1.29, 1.82) is 0 Å². The zero-order valence-corrected chi connectivity index (χ0v) is 10.4. The Hall–Kier alpha value is -1.60. The highest BCUT2D eigenvalue weighted by Gasteiger charge is 2.31. The summed E-state index contributed by atoms with van der Waals surface area (Å²) >= 11 is 0. The first kappa shape index (κ1) is 16.5. The highest BCUT2D eigenvalue weighted by Crippen LogP contribution is 2.34. The molecule has 0 spiro atoms. The molecule has 20 heavy (non-hydrogen) atoms. The van der Waals surface area contributed by atoms with Gasteiger partial charge in [0, 0.05) is 0 Å². The van der Waals surface area contributed by atoms with E-state index in [-0.39, 0.29) is 11.5 Å². The largest absolute Gasteiger partial charge is 0.480 e. The van der Waals surface area contributed by atoms with Crippen LogP contribution in [-0.4, -0.2) is 25.6 Å². The van der Waals surface area contributed by atoms with Crippen molar-refractivity contribution < 1.29 is 35.8 Å². The van der Waals surface area contributed by atoms with Crippen molar-refractivity contribution in [2.24, 2.45) is 0 Å². The maximum atomic E-state index is 12.1. The van der Waals surface area contributed by atoms with Crippen LogP contribution in [0.5, 0.6) is 11.5 Å². The number of rotatable bonds is 5. The Kier molecular flexibility index (Phi) is 5.13. The molecule has 2 nitrogen and oxygen atoms in total. The van der Waals surface area contributed by atoms with Gasteiger partial charge in [0.25, 0.3) is 0 Å². The van der Waals surface area contributed by atoms with Gasteiger partial charge < -0.3 is 9.47 Å². The first-order valence-electron chi connectivity index (χ1n) is 5.63. The van der Waals surface area contributed by atoms with Gasteiger partial charge in [-0.1, -0.05) is 19.1 Å². The molecule has 0 aliphatic rings. The van der Waals surface area contributed by atoms with E-state index < -0.39 is 25.6 Å². The van der Waals surface area contributed by atoms with Crippen molar-refractivity contribution in [2.75, 3.05) is 13.2 Å². The van der Waals surface area contributed by atoms with Crippen molar-refractivity contribution >= 4 is 0 Å². The van der Waals surface area contributed by atoms with Crippen LogP contribution in [0.1, 0.15) is 12.5 Å². The Morgan fingerprint density at radius 1 is 0.900 bits per heavy atom. The predicted octanol–water partition coefficient (Wildman–Crippen LogP) is 4.13. The lowest BCUT2D eigenvalue weighted by Crippen LogP contribution is -2.22. The standard InChI is InChI=1S/C12H12F6O2/c1-2-8-4-3-5-9(19-6-11(13,14)15)10(8)20-7-12(16,17)18/h3-5H,2,6-7H2,1H3. The number of alkyl halides is 6. The summed E-state index contributed by atoms with van der Waals surface area (Å²) in [5.41, 5.74) is 0.342. The third kappa shape index (κ3) is 5.58. The van der Waals surface area contributed by atoms with E-state index in [1.54, 1.807) is 6.92 Å². The first-order chi connectivity index (χ1) is 9.12. The minimum absolute atomic E-state index is 0.302. The van der Waals surface area contributed by atoms with E-state index in [0.29, 0.717) is 12.0 Å². The molecular formula is C12H12F6O2. The lowest BCUT2D eigenvalue weighted by molar-refractivity contribution is -0.158. The summed E-state index contributed by atoms with van der Waals surface area (Å²) in [5.74, 6) is -0.664. The molecule has 114 valence electrons. The number of halogens is 6. The Morgan fingerprint density at radius 2 is 1.45 bits per heavy atom. The third-order valence-electron chi connectivity index (χ3n) is 2.21. The number of para-hydroxylation sites is 1. The Bertz CT molecular complexity index is 439. The Morgan fingerprint density at radius 3 is 1.95 bits per heavy atom. The Labute approximate surface area is 111 Å². The summed E-state index contributed by atoms with van der Waals surface area (Å²) in [6.45, 7) is -1.54. The van der Waals surface area contributed by atoms with E-state index in [9.17, 15) is 26.3 Å². The number of hydrogen-bond acceptors (Lipinski definition) is 2. The van der Waals surface area contributed by atoms with Crippen molar-refractivity contribution in [3.8, 4) is 11.5 Å². The molecule has 0 saturated carbocycles. The van der Waals surface area contributed by atoms with Gasteiger partial charge in [0.05, 0.1) is 0 Å². The SMILES string of the molecule is CCc1cccc(OCC(F)(F)F)c1OCC(F)(F)F. The Balaban J connectivity index is 2.92. The molecule has 0 aromatic heterocycles. The highest BCUT2D eigenvalue weighted by atomic mass is 19.4. The summed E-state index contributed by atoms with van der Waals surface area (Å²) < 4.78 is 81.7. The van der Waals surface area contributed by atoms with Gasteiger partial charge in [-0.25, -0.2) is 0 Å². The van der Waals surface area contributed by atoms with Gasteiger partial charge in [-0.05, 0) is 18.1 Å². The molecule has 0 aliphatic carbocycles. The lowest BCUT2D eigenvalue weighted by atomic mass is 10.1. The molecule has 8 heteroatoms. The van der Waals surface area contributed by atoms with Gasteiger partial charge in [0.2, 0.25) is 0 Å². The molecule has 0 atom stereocenters. The minimum Gasteiger partial charge on any atom is -0.480 e. The third-order valence-corrected chi connectivity index (χ3v) is 2.21. The average molecular weight is 302 g/mol. The van der Waals surface area contributed by atoms with Crippen LogP contribution < -0.4 is 9.47 Å². The van der Waals surface area contributed by atoms with E-state index >= 15 is 0 Å².